The van der Waals surface area contributed by atoms with Crippen LogP contribution in [0.25, 0.3) is 28.0 Å². The maximum Gasteiger partial charge on any atom is 0.0714 e. The second-order valence-corrected chi connectivity index (χ2v) is 12.4. The molecule has 0 fully saturated rings. The predicted octanol–water partition coefficient (Wildman–Crippen LogP) is 11.3. The van der Waals surface area contributed by atoms with E-state index in [-0.39, 0.29) is 0 Å². The van der Waals surface area contributed by atoms with Crippen molar-refractivity contribution in [2.24, 2.45) is 0 Å². The first-order valence-electron chi connectivity index (χ1n) is 16.2. The summed E-state index contributed by atoms with van der Waals surface area (Å²) >= 11 is 0. The van der Waals surface area contributed by atoms with Gasteiger partial charge in [0.15, 0.2) is 0 Å². The fourth-order valence-corrected chi connectivity index (χ4v) is 8.04. The van der Waals surface area contributed by atoms with Crippen molar-refractivity contribution in [1.82, 2.24) is 0 Å². The molecule has 0 bridgehead atoms. The quantitative estimate of drug-likeness (QED) is 0.194. The number of para-hydroxylation sites is 1. The average Bonchev–Trinajstić information content (AvgIpc) is 3.43. The van der Waals surface area contributed by atoms with Gasteiger partial charge in [0.2, 0.25) is 0 Å². The normalized spacial score (nSPS) is 14.2. The Hall–Kier alpha value is -5.66. The molecule has 0 N–H and O–H groups in total. The summed E-state index contributed by atoms with van der Waals surface area (Å²) in [7, 11) is 0. The van der Waals surface area contributed by atoms with Gasteiger partial charge in [0, 0.05) is 17.1 Å². The Morgan fingerprint density at radius 1 is 0.457 bits per heavy atom. The van der Waals surface area contributed by atoms with Crippen LogP contribution in [0.1, 0.15) is 39.8 Å². The number of benzene rings is 7. The first kappa shape index (κ1) is 26.7. The zero-order chi connectivity index (χ0) is 30.5. The smallest absolute Gasteiger partial charge is 0.0714 e. The largest absolute Gasteiger partial charge is 0.314 e. The molecule has 0 amide bonds. The van der Waals surface area contributed by atoms with E-state index in [4.69, 9.17) is 0 Å². The summed E-state index contributed by atoms with van der Waals surface area (Å²) in [5.74, 6) is 0. The molecule has 1 nitrogen and oxygen atoms in total. The summed E-state index contributed by atoms with van der Waals surface area (Å²) in [4.78, 5) is 2.49. The van der Waals surface area contributed by atoms with Crippen LogP contribution in [0, 0.1) is 0 Å². The predicted molar refractivity (Wildman–Crippen MR) is 193 cm³/mol. The van der Waals surface area contributed by atoms with Crippen LogP contribution < -0.4 is 4.90 Å². The van der Waals surface area contributed by atoms with Gasteiger partial charge in [-0.15, -0.1) is 0 Å². The number of aryl methyl sites for hydroxylation is 1. The Morgan fingerprint density at radius 2 is 1.09 bits per heavy atom. The van der Waals surface area contributed by atoms with Gasteiger partial charge in [0.1, 0.15) is 0 Å². The van der Waals surface area contributed by atoms with Gasteiger partial charge in [0.25, 0.3) is 0 Å². The van der Waals surface area contributed by atoms with Crippen LogP contribution in [-0.4, -0.2) is 0 Å². The maximum absolute atomic E-state index is 2.49. The molecule has 0 saturated heterocycles. The van der Waals surface area contributed by atoms with Crippen molar-refractivity contribution < 1.29 is 0 Å². The van der Waals surface area contributed by atoms with E-state index < -0.39 is 5.41 Å². The molecule has 218 valence electrons. The number of allylic oxidation sites excluding steroid dienone is 1. The SMILES string of the molecule is C1=C(N(c2ccccc2)c2ccc3c(c2)C(c2ccccc2)(c2ccccc2)c2ccccc2-3)CCc2ccc3ccccc3c21. The Bertz CT molecular complexity index is 2210. The lowest BCUT2D eigenvalue weighted by Gasteiger charge is -2.35. The molecule has 0 radical (unpaired) electrons. The molecule has 46 heavy (non-hydrogen) atoms. The van der Waals surface area contributed by atoms with E-state index >= 15 is 0 Å². The third-order valence-corrected chi connectivity index (χ3v) is 10.0. The van der Waals surface area contributed by atoms with Gasteiger partial charge in [0.05, 0.1) is 5.41 Å². The van der Waals surface area contributed by atoms with Gasteiger partial charge in [-0.3, -0.25) is 0 Å². The average molecular weight is 588 g/mol. The monoisotopic (exact) mass is 587 g/mol. The molecular formula is C45H33N. The highest BCUT2D eigenvalue weighted by Crippen LogP contribution is 2.57. The van der Waals surface area contributed by atoms with Crippen LogP contribution in [0.5, 0.6) is 0 Å². The first-order chi connectivity index (χ1) is 22.8. The standard InChI is InChI=1S/C45H33N/c1-4-15-34(16-5-1)45(35-17-6-2-7-18-35)43-23-13-12-22-40(43)41-29-28-38(31-44(41)45)46(36-19-8-3-9-20-36)37-27-26-33-25-24-32-14-10-11-21-39(32)42(33)30-37/h1-25,28-31H,26-27H2. The lowest BCUT2D eigenvalue weighted by atomic mass is 9.67. The molecule has 0 saturated carbocycles. The van der Waals surface area contributed by atoms with Crippen LogP contribution in [0.3, 0.4) is 0 Å². The van der Waals surface area contributed by atoms with Crippen LogP contribution in [0.15, 0.2) is 176 Å². The van der Waals surface area contributed by atoms with E-state index in [0.29, 0.717) is 0 Å². The fourth-order valence-electron chi connectivity index (χ4n) is 8.04. The molecule has 7 aromatic carbocycles. The van der Waals surface area contributed by atoms with Gasteiger partial charge in [-0.2, -0.15) is 0 Å². The van der Waals surface area contributed by atoms with E-state index in [2.05, 4.69) is 181 Å². The number of hydrogen-bond donors (Lipinski definition) is 0. The number of fused-ring (bicyclic) bond motifs is 6. The highest BCUT2D eigenvalue weighted by Gasteiger charge is 2.46. The van der Waals surface area contributed by atoms with Crippen molar-refractivity contribution in [2.75, 3.05) is 4.90 Å². The lowest BCUT2D eigenvalue weighted by molar-refractivity contribution is 0.768. The highest BCUT2D eigenvalue weighted by molar-refractivity contribution is 5.94. The summed E-state index contributed by atoms with van der Waals surface area (Å²) in [6.07, 6.45) is 4.43. The van der Waals surface area contributed by atoms with Gasteiger partial charge in [-0.1, -0.05) is 146 Å². The Balaban J connectivity index is 1.31. The molecule has 2 aliphatic rings. The number of rotatable bonds is 5. The second-order valence-electron chi connectivity index (χ2n) is 12.4. The molecule has 0 spiro atoms. The van der Waals surface area contributed by atoms with Crippen LogP contribution in [0.2, 0.25) is 0 Å². The Morgan fingerprint density at radius 3 is 1.85 bits per heavy atom. The Kier molecular flexibility index (Phi) is 6.24. The molecule has 0 unspecified atom stereocenters. The molecule has 0 heterocycles. The summed E-state index contributed by atoms with van der Waals surface area (Å²) < 4.78 is 0. The summed E-state index contributed by atoms with van der Waals surface area (Å²) in [5, 5.41) is 2.61. The molecule has 0 aromatic heterocycles. The minimum absolute atomic E-state index is 0.434. The second kappa shape index (κ2) is 10.8. The zero-order valence-electron chi connectivity index (χ0n) is 25.6. The van der Waals surface area contributed by atoms with Gasteiger partial charge in [-0.25, -0.2) is 0 Å². The van der Waals surface area contributed by atoms with Crippen molar-refractivity contribution in [3.8, 4) is 11.1 Å². The summed E-state index contributed by atoms with van der Waals surface area (Å²) in [6.45, 7) is 0. The van der Waals surface area contributed by atoms with E-state index in [1.165, 1.54) is 72.4 Å². The molecule has 9 rings (SSSR count). The van der Waals surface area contributed by atoms with Crippen molar-refractivity contribution in [2.45, 2.75) is 18.3 Å². The number of nitrogens with zero attached hydrogens (tertiary/aromatic N) is 1. The summed E-state index contributed by atoms with van der Waals surface area (Å²) in [5.41, 5.74) is 13.8. The molecular weight excluding hydrogens is 555 g/mol. The van der Waals surface area contributed by atoms with Crippen LogP contribution in [0.4, 0.5) is 11.4 Å². The van der Waals surface area contributed by atoms with E-state index in [1.54, 1.807) is 0 Å². The highest BCUT2D eigenvalue weighted by atomic mass is 15.1. The molecule has 0 atom stereocenters. The topological polar surface area (TPSA) is 3.24 Å². The van der Waals surface area contributed by atoms with Crippen molar-refractivity contribution in [3.63, 3.8) is 0 Å². The number of anilines is 2. The van der Waals surface area contributed by atoms with Gasteiger partial charge >= 0.3 is 0 Å². The maximum atomic E-state index is 2.49. The fraction of sp³-hybridized carbons (Fsp3) is 0.0667. The van der Waals surface area contributed by atoms with Gasteiger partial charge < -0.3 is 4.90 Å². The van der Waals surface area contributed by atoms with Crippen molar-refractivity contribution >= 4 is 28.2 Å². The molecule has 2 aliphatic carbocycles. The summed E-state index contributed by atoms with van der Waals surface area (Å²) in [6, 6.07) is 62.5. The third-order valence-electron chi connectivity index (χ3n) is 10.0. The molecule has 7 aromatic rings. The van der Waals surface area contributed by atoms with E-state index in [1.807, 2.05) is 0 Å². The van der Waals surface area contributed by atoms with E-state index in [0.717, 1.165) is 12.8 Å². The molecule has 1 heteroatoms. The van der Waals surface area contributed by atoms with Gasteiger partial charge in [-0.05, 0) is 98.5 Å². The van der Waals surface area contributed by atoms with E-state index in [9.17, 15) is 0 Å². The minimum Gasteiger partial charge on any atom is -0.314 e. The third kappa shape index (κ3) is 4.02. The lowest BCUT2D eigenvalue weighted by Crippen LogP contribution is -2.29. The number of hydrogen-bond acceptors (Lipinski definition) is 1. The molecule has 0 aliphatic heterocycles. The van der Waals surface area contributed by atoms with Crippen LogP contribution >= 0.6 is 0 Å². The zero-order valence-corrected chi connectivity index (χ0v) is 25.6. The van der Waals surface area contributed by atoms with Crippen molar-refractivity contribution in [3.05, 3.63) is 209 Å². The van der Waals surface area contributed by atoms with Crippen LogP contribution in [-0.2, 0) is 11.8 Å². The van der Waals surface area contributed by atoms with Crippen molar-refractivity contribution in [1.29, 1.82) is 0 Å². The first-order valence-corrected chi connectivity index (χ1v) is 16.2. The minimum atomic E-state index is -0.434. The Labute approximate surface area is 270 Å².